The summed E-state index contributed by atoms with van der Waals surface area (Å²) in [5.41, 5.74) is 0. The number of carbonyl (C=O) groups is 3. The molecule has 0 aromatic carbocycles. The van der Waals surface area contributed by atoms with Gasteiger partial charge in [-0.25, -0.2) is 0 Å². The number of hydrogen-bond acceptors (Lipinski definition) is 6. The smallest absolute Gasteiger partial charge is 0.306 e. The van der Waals surface area contributed by atoms with E-state index in [1.54, 1.807) is 0 Å². The summed E-state index contributed by atoms with van der Waals surface area (Å²) in [6.45, 7) is 6.29. The van der Waals surface area contributed by atoms with E-state index in [4.69, 9.17) is 14.2 Å². The molecule has 0 saturated heterocycles. The molecule has 0 aliphatic rings. The van der Waals surface area contributed by atoms with Gasteiger partial charge in [0.2, 0.25) is 0 Å². The molecule has 0 saturated carbocycles. The van der Waals surface area contributed by atoms with Crippen molar-refractivity contribution in [3.63, 3.8) is 0 Å². The highest BCUT2D eigenvalue weighted by Gasteiger charge is 2.19. The molecule has 74 heavy (non-hydrogen) atoms. The maximum atomic E-state index is 12.8. The fourth-order valence-electron chi connectivity index (χ4n) is 7.65. The van der Waals surface area contributed by atoms with Crippen LogP contribution in [0.3, 0.4) is 0 Å². The number of hydrogen-bond donors (Lipinski definition) is 0. The second-order valence-corrected chi connectivity index (χ2v) is 19.1. The summed E-state index contributed by atoms with van der Waals surface area (Å²) in [5, 5.41) is 0. The Morgan fingerprint density at radius 1 is 0.284 bits per heavy atom. The van der Waals surface area contributed by atoms with Gasteiger partial charge >= 0.3 is 17.9 Å². The van der Waals surface area contributed by atoms with E-state index < -0.39 is 6.10 Å². The SMILES string of the molecule is CC/C=C\C/C=C\C/C=C\C/C=C\C/C=C\C/C=C\C/C=C\CCCCCCCCCCCC(=O)OCC(COC(=O)CCCCCCC/C=C\CCC)OC(=O)CCCC/C=C\C/C=C\C/C=C\C/C=C\CC. The van der Waals surface area contributed by atoms with Gasteiger partial charge in [0, 0.05) is 19.3 Å². The van der Waals surface area contributed by atoms with E-state index in [0.717, 1.165) is 148 Å². The fraction of sp³-hybridized carbons (Fsp3) is 0.603. The summed E-state index contributed by atoms with van der Waals surface area (Å²) in [4.78, 5) is 38.1. The van der Waals surface area contributed by atoms with Crippen molar-refractivity contribution in [3.05, 3.63) is 146 Å². The first-order valence-corrected chi connectivity index (χ1v) is 29.8. The minimum absolute atomic E-state index is 0.105. The monoisotopic (exact) mass is 1020 g/mol. The molecule has 0 rings (SSSR count). The van der Waals surface area contributed by atoms with Gasteiger partial charge in [0.15, 0.2) is 6.10 Å². The zero-order chi connectivity index (χ0) is 53.6. The summed E-state index contributed by atoms with van der Waals surface area (Å²) in [7, 11) is 0. The fourth-order valence-corrected chi connectivity index (χ4v) is 7.65. The van der Waals surface area contributed by atoms with Gasteiger partial charge in [0.25, 0.3) is 0 Å². The van der Waals surface area contributed by atoms with Crippen molar-refractivity contribution in [2.75, 3.05) is 13.2 Å². The lowest BCUT2D eigenvalue weighted by Gasteiger charge is -2.18. The van der Waals surface area contributed by atoms with Crippen LogP contribution in [0.25, 0.3) is 0 Å². The first-order valence-electron chi connectivity index (χ1n) is 29.8. The van der Waals surface area contributed by atoms with Crippen LogP contribution in [-0.2, 0) is 28.6 Å². The van der Waals surface area contributed by atoms with Gasteiger partial charge in [0.1, 0.15) is 13.2 Å². The van der Waals surface area contributed by atoms with E-state index >= 15 is 0 Å². The van der Waals surface area contributed by atoms with Crippen molar-refractivity contribution in [2.24, 2.45) is 0 Å². The van der Waals surface area contributed by atoms with Crippen LogP contribution in [0.2, 0.25) is 0 Å². The number of unbranched alkanes of at least 4 members (excludes halogenated alkanes) is 17. The third-order valence-electron chi connectivity index (χ3n) is 12.0. The van der Waals surface area contributed by atoms with Gasteiger partial charge in [-0.2, -0.15) is 0 Å². The summed E-state index contributed by atoms with van der Waals surface area (Å²) in [6, 6.07) is 0. The minimum atomic E-state index is -0.810. The lowest BCUT2D eigenvalue weighted by atomic mass is 10.1. The van der Waals surface area contributed by atoms with Crippen molar-refractivity contribution in [3.8, 4) is 0 Å². The van der Waals surface area contributed by atoms with E-state index in [-0.39, 0.29) is 37.5 Å². The molecule has 0 aromatic heterocycles. The van der Waals surface area contributed by atoms with Crippen LogP contribution in [0.1, 0.15) is 245 Å². The van der Waals surface area contributed by atoms with Crippen LogP contribution in [0.4, 0.5) is 0 Å². The van der Waals surface area contributed by atoms with Gasteiger partial charge in [0.05, 0.1) is 0 Å². The summed E-state index contributed by atoms with van der Waals surface area (Å²) >= 11 is 0. The molecule has 6 heteroatoms. The maximum Gasteiger partial charge on any atom is 0.306 e. The normalized spacial score (nSPS) is 13.2. The number of allylic oxidation sites excluding steroid dienone is 24. The molecule has 0 radical (unpaired) electrons. The van der Waals surface area contributed by atoms with Gasteiger partial charge in [-0.1, -0.05) is 237 Å². The molecule has 6 nitrogen and oxygen atoms in total. The Morgan fingerprint density at radius 2 is 0.527 bits per heavy atom. The van der Waals surface area contributed by atoms with Gasteiger partial charge in [-0.15, -0.1) is 0 Å². The molecule has 0 aromatic rings. The van der Waals surface area contributed by atoms with Gasteiger partial charge in [-0.05, 0) is 135 Å². The number of carbonyl (C=O) groups excluding carboxylic acids is 3. The lowest BCUT2D eigenvalue weighted by Crippen LogP contribution is -2.30. The predicted molar refractivity (Wildman–Crippen MR) is 320 cm³/mol. The Bertz CT molecular complexity index is 1640. The van der Waals surface area contributed by atoms with Crippen molar-refractivity contribution >= 4 is 17.9 Å². The second-order valence-electron chi connectivity index (χ2n) is 19.1. The van der Waals surface area contributed by atoms with Crippen LogP contribution in [0.15, 0.2) is 146 Å². The van der Waals surface area contributed by atoms with Crippen molar-refractivity contribution in [1.29, 1.82) is 0 Å². The van der Waals surface area contributed by atoms with Gasteiger partial charge < -0.3 is 14.2 Å². The average molecular weight is 1020 g/mol. The van der Waals surface area contributed by atoms with Crippen LogP contribution >= 0.6 is 0 Å². The topological polar surface area (TPSA) is 78.9 Å². The molecule has 0 spiro atoms. The number of ether oxygens (including phenoxy) is 3. The highest BCUT2D eigenvalue weighted by Crippen LogP contribution is 2.14. The third kappa shape index (κ3) is 58.2. The molecule has 0 heterocycles. The molecule has 0 N–H and O–H groups in total. The minimum Gasteiger partial charge on any atom is -0.462 e. The standard InChI is InChI=1S/C68H108O6/c1-4-7-10-13-16-19-22-24-26-27-28-29-30-31-32-33-34-35-36-37-38-39-40-41-43-44-46-49-52-55-58-61-67(70)73-64-65(63-72-66(69)60-57-54-51-48-21-18-15-12-9-6-3)74-68(71)62-59-56-53-50-47-45-42-25-23-20-17-14-11-8-5-2/h7-8,10-12,15-17,19-20,24-26,28-29,31-32,34-35,37-38,42,47,50,65H,4-6,9,13-14,18,21-23,27,30,33,36,39-41,43-46,48-49,51-64H2,1-3H3/b10-7-,11-8-,15-12-,19-16-,20-17-,26-24-,29-28-,32-31-,35-34-,38-37-,42-25-,50-47-. The number of rotatable bonds is 52. The molecule has 1 unspecified atom stereocenters. The van der Waals surface area contributed by atoms with E-state index in [9.17, 15) is 14.4 Å². The van der Waals surface area contributed by atoms with Crippen molar-refractivity contribution < 1.29 is 28.6 Å². The van der Waals surface area contributed by atoms with E-state index in [1.807, 2.05) is 0 Å². The molecule has 0 bridgehead atoms. The molecule has 0 fully saturated rings. The van der Waals surface area contributed by atoms with Crippen molar-refractivity contribution in [2.45, 2.75) is 252 Å². The average Bonchev–Trinajstić information content (AvgIpc) is 3.40. The summed E-state index contributed by atoms with van der Waals surface area (Å²) in [6.07, 6.45) is 87.2. The third-order valence-corrected chi connectivity index (χ3v) is 12.0. The predicted octanol–water partition coefficient (Wildman–Crippen LogP) is 20.4. The molecular formula is C68H108O6. The van der Waals surface area contributed by atoms with E-state index in [2.05, 4.69) is 167 Å². The Balaban J connectivity index is 4.27. The van der Waals surface area contributed by atoms with Crippen LogP contribution in [0, 0.1) is 0 Å². The molecular weight excluding hydrogens is 913 g/mol. The Hall–Kier alpha value is -4.71. The maximum absolute atomic E-state index is 12.8. The first kappa shape index (κ1) is 69.3. The molecule has 0 aliphatic heterocycles. The van der Waals surface area contributed by atoms with Crippen LogP contribution in [0.5, 0.6) is 0 Å². The highest BCUT2D eigenvalue weighted by atomic mass is 16.6. The Labute approximate surface area is 455 Å². The Morgan fingerprint density at radius 3 is 0.865 bits per heavy atom. The summed E-state index contributed by atoms with van der Waals surface area (Å²) < 4.78 is 16.8. The zero-order valence-corrected chi connectivity index (χ0v) is 47.5. The van der Waals surface area contributed by atoms with Crippen LogP contribution < -0.4 is 0 Å². The van der Waals surface area contributed by atoms with Crippen molar-refractivity contribution in [1.82, 2.24) is 0 Å². The quantitative estimate of drug-likeness (QED) is 0.0261. The zero-order valence-electron chi connectivity index (χ0n) is 47.5. The van der Waals surface area contributed by atoms with Crippen LogP contribution in [-0.4, -0.2) is 37.2 Å². The van der Waals surface area contributed by atoms with E-state index in [0.29, 0.717) is 19.3 Å². The number of esters is 3. The lowest BCUT2D eigenvalue weighted by molar-refractivity contribution is -0.167. The first-order chi connectivity index (χ1) is 36.5. The van der Waals surface area contributed by atoms with Gasteiger partial charge in [-0.3, -0.25) is 14.4 Å². The largest absolute Gasteiger partial charge is 0.462 e. The molecule has 1 atom stereocenters. The molecule has 416 valence electrons. The summed E-state index contributed by atoms with van der Waals surface area (Å²) in [5.74, 6) is -0.970. The molecule has 0 amide bonds. The second kappa shape index (κ2) is 60.8. The highest BCUT2D eigenvalue weighted by molar-refractivity contribution is 5.71. The van der Waals surface area contributed by atoms with E-state index in [1.165, 1.54) is 51.4 Å². The molecule has 0 aliphatic carbocycles. The Kier molecular flexibility index (Phi) is 57.0.